The van der Waals surface area contributed by atoms with E-state index in [0.717, 1.165) is 32.1 Å². The molecule has 15 heteroatoms. The van der Waals surface area contributed by atoms with E-state index in [2.05, 4.69) is 46.7 Å². The number of rotatable bonds is 12. The Balaban J connectivity index is 1.07. The third-order valence-corrected chi connectivity index (χ3v) is 11.7. The van der Waals surface area contributed by atoms with Gasteiger partial charge in [0, 0.05) is 56.6 Å². The van der Waals surface area contributed by atoms with Gasteiger partial charge in [-0.1, -0.05) is 50.8 Å². The molecule has 4 heterocycles. The summed E-state index contributed by atoms with van der Waals surface area (Å²) in [5.74, 6) is -2.12. The second-order valence-corrected chi connectivity index (χ2v) is 15.9. The van der Waals surface area contributed by atoms with Crippen molar-refractivity contribution in [3.8, 4) is 0 Å². The number of benzene rings is 1. The summed E-state index contributed by atoms with van der Waals surface area (Å²) in [6, 6.07) is 1.71. The predicted molar refractivity (Wildman–Crippen MR) is 188 cm³/mol. The number of hydrogen-bond acceptors (Lipinski definition) is 10. The zero-order valence-corrected chi connectivity index (χ0v) is 30.6. The van der Waals surface area contributed by atoms with Gasteiger partial charge in [0.1, 0.15) is 23.2 Å². The van der Waals surface area contributed by atoms with Gasteiger partial charge in [-0.05, 0) is 48.8 Å². The van der Waals surface area contributed by atoms with E-state index in [0.29, 0.717) is 49.4 Å². The standard InChI is InChI=1S/C38H46F2N8O5/c1-23(48(41-4)12-8-11-24-9-6-7-10-24)33-43-32(44-53-33)28-19-45(20-38(28)21-46(22-38)35(50)27-15-37(27,2)3)34(49)26-16-42-47(18-26)17-25-13-29(39)31(30(40)14-25)36(51)52-5/h8,12-14,16,18,23-24,27-28H,4,6-7,9-11,15,17,19-22H2,1-3,5H3/b12-8-. The van der Waals surface area contributed by atoms with Crippen LogP contribution in [0.5, 0.6) is 0 Å². The first-order valence-electron chi connectivity index (χ1n) is 18.2. The number of carbonyl (C=O) groups excluding carboxylic acids is 3. The van der Waals surface area contributed by atoms with Crippen LogP contribution in [-0.4, -0.2) is 92.5 Å². The fourth-order valence-corrected chi connectivity index (χ4v) is 8.30. The van der Waals surface area contributed by atoms with E-state index in [1.165, 1.54) is 42.8 Å². The number of esters is 1. The van der Waals surface area contributed by atoms with Crippen molar-refractivity contribution in [2.45, 2.75) is 77.8 Å². The molecule has 4 aliphatic rings. The van der Waals surface area contributed by atoms with Gasteiger partial charge < -0.3 is 19.1 Å². The fraction of sp³-hybridized carbons (Fsp3) is 0.553. The molecule has 1 aromatic carbocycles. The molecule has 3 aromatic rings. The number of methoxy groups -OCH3 is 1. The van der Waals surface area contributed by atoms with E-state index in [4.69, 9.17) is 9.51 Å². The van der Waals surface area contributed by atoms with Crippen LogP contribution in [0.25, 0.3) is 0 Å². The molecule has 0 N–H and O–H groups in total. The number of amides is 2. The Hall–Kier alpha value is -4.95. The average molecular weight is 733 g/mol. The maximum absolute atomic E-state index is 14.6. The van der Waals surface area contributed by atoms with Gasteiger partial charge in [0.15, 0.2) is 5.82 Å². The number of carbonyl (C=O) groups is 3. The van der Waals surface area contributed by atoms with Crippen LogP contribution >= 0.6 is 0 Å². The molecule has 0 radical (unpaired) electrons. The summed E-state index contributed by atoms with van der Waals surface area (Å²) in [7, 11) is 1.04. The van der Waals surface area contributed by atoms with Crippen molar-refractivity contribution in [1.29, 1.82) is 0 Å². The van der Waals surface area contributed by atoms with Crippen molar-refractivity contribution >= 4 is 24.5 Å². The van der Waals surface area contributed by atoms with E-state index in [9.17, 15) is 23.2 Å². The maximum Gasteiger partial charge on any atom is 0.343 e. The van der Waals surface area contributed by atoms with Crippen LogP contribution in [0.3, 0.4) is 0 Å². The quantitative estimate of drug-likeness (QED) is 0.133. The maximum atomic E-state index is 14.6. The molecular weight excluding hydrogens is 686 g/mol. The van der Waals surface area contributed by atoms with Crippen LogP contribution in [0.2, 0.25) is 0 Å². The molecule has 2 amide bonds. The predicted octanol–water partition coefficient (Wildman–Crippen LogP) is 5.57. The van der Waals surface area contributed by atoms with Crippen molar-refractivity contribution in [2.75, 3.05) is 33.3 Å². The first kappa shape index (κ1) is 36.4. The molecule has 3 unspecified atom stereocenters. The number of aromatic nitrogens is 4. The molecule has 3 atom stereocenters. The van der Waals surface area contributed by atoms with Gasteiger partial charge in [0.25, 0.3) is 11.8 Å². The summed E-state index contributed by atoms with van der Waals surface area (Å²) in [4.78, 5) is 47.5. The molecule has 7 rings (SSSR count). The summed E-state index contributed by atoms with van der Waals surface area (Å²) in [6.07, 6.45) is 13.9. The highest BCUT2D eigenvalue weighted by atomic mass is 19.1. The molecule has 53 heavy (non-hydrogen) atoms. The number of ether oxygens (including phenoxy) is 1. The summed E-state index contributed by atoms with van der Waals surface area (Å²) in [5.41, 5.74) is -0.748. The lowest BCUT2D eigenvalue weighted by molar-refractivity contribution is -0.145. The number of halogens is 2. The largest absolute Gasteiger partial charge is 0.465 e. The lowest BCUT2D eigenvalue weighted by Gasteiger charge is -2.50. The smallest absolute Gasteiger partial charge is 0.343 e. The van der Waals surface area contributed by atoms with Gasteiger partial charge in [-0.15, -0.1) is 0 Å². The van der Waals surface area contributed by atoms with Crippen molar-refractivity contribution in [3.63, 3.8) is 0 Å². The highest BCUT2D eigenvalue weighted by molar-refractivity contribution is 5.94. The zero-order chi connectivity index (χ0) is 37.7. The Morgan fingerprint density at radius 1 is 1.15 bits per heavy atom. The van der Waals surface area contributed by atoms with Crippen LogP contribution in [-0.2, 0) is 16.1 Å². The normalized spacial score (nSPS) is 22.3. The molecule has 4 fully saturated rings. The summed E-state index contributed by atoms with van der Waals surface area (Å²) in [6.45, 7) is 11.4. The van der Waals surface area contributed by atoms with Gasteiger partial charge in [0.2, 0.25) is 5.91 Å². The number of likely N-dealkylation sites (tertiary alicyclic amines) is 2. The molecule has 2 saturated carbocycles. The van der Waals surface area contributed by atoms with Gasteiger partial charge in [-0.2, -0.15) is 15.2 Å². The van der Waals surface area contributed by atoms with E-state index >= 15 is 0 Å². The minimum atomic E-state index is -1.11. The third kappa shape index (κ3) is 7.09. The first-order chi connectivity index (χ1) is 25.3. The number of allylic oxidation sites excluding steroid dienone is 1. The highest BCUT2D eigenvalue weighted by Gasteiger charge is 2.61. The summed E-state index contributed by atoms with van der Waals surface area (Å²) < 4.78 is 40.8. The lowest BCUT2D eigenvalue weighted by Crippen LogP contribution is -2.62. The molecule has 13 nitrogen and oxygen atoms in total. The molecular formula is C38H46F2N8O5. The Morgan fingerprint density at radius 3 is 2.47 bits per heavy atom. The minimum absolute atomic E-state index is 0.00126. The molecule has 282 valence electrons. The number of nitrogens with zero attached hydrogens (tertiary/aromatic N) is 8. The monoisotopic (exact) mass is 732 g/mol. The Bertz CT molecular complexity index is 1900. The van der Waals surface area contributed by atoms with Gasteiger partial charge in [-0.3, -0.25) is 19.3 Å². The molecule has 2 aliphatic carbocycles. The van der Waals surface area contributed by atoms with E-state index < -0.39 is 28.6 Å². The van der Waals surface area contributed by atoms with Gasteiger partial charge in [-0.25, -0.2) is 13.6 Å². The molecule has 1 spiro atoms. The van der Waals surface area contributed by atoms with E-state index in [1.807, 2.05) is 18.0 Å². The number of hydrazone groups is 1. The summed E-state index contributed by atoms with van der Waals surface area (Å²) >= 11 is 0. The van der Waals surface area contributed by atoms with Crippen LogP contribution in [0, 0.1) is 34.3 Å². The second-order valence-electron chi connectivity index (χ2n) is 15.9. The topological polar surface area (TPSA) is 139 Å². The third-order valence-electron chi connectivity index (χ3n) is 11.7. The molecule has 0 bridgehead atoms. The van der Waals surface area contributed by atoms with Crippen LogP contribution < -0.4 is 0 Å². The first-order valence-corrected chi connectivity index (χ1v) is 18.2. The Morgan fingerprint density at radius 2 is 1.83 bits per heavy atom. The van der Waals surface area contributed by atoms with Crippen molar-refractivity contribution in [3.05, 3.63) is 76.8 Å². The van der Waals surface area contributed by atoms with Crippen LogP contribution in [0.15, 0.2) is 46.4 Å². The molecule has 2 saturated heterocycles. The van der Waals surface area contributed by atoms with Crippen molar-refractivity contribution < 1.29 is 32.4 Å². The van der Waals surface area contributed by atoms with Gasteiger partial charge >= 0.3 is 5.97 Å². The highest BCUT2D eigenvalue weighted by Crippen LogP contribution is 2.55. The molecule has 2 aliphatic heterocycles. The second kappa shape index (κ2) is 14.1. The Labute approximate surface area is 307 Å². The van der Waals surface area contributed by atoms with E-state index in [-0.39, 0.29) is 47.2 Å². The summed E-state index contributed by atoms with van der Waals surface area (Å²) in [5, 5.41) is 14.6. The van der Waals surface area contributed by atoms with Crippen molar-refractivity contribution in [1.82, 2.24) is 34.7 Å². The zero-order valence-electron chi connectivity index (χ0n) is 30.6. The van der Waals surface area contributed by atoms with E-state index in [1.54, 1.807) is 9.91 Å². The SMILES string of the molecule is C=NN(/C=C\CC1CCCC1)C(C)c1nc(C2CN(C(=O)c3cnn(Cc4cc(F)c(C(=O)OC)c(F)c4)c3)CC23CN(C(=O)C2CC2(C)C)C3)no1. The lowest BCUT2D eigenvalue weighted by atomic mass is 9.71. The number of hydrogen-bond donors (Lipinski definition) is 0. The van der Waals surface area contributed by atoms with Crippen molar-refractivity contribution in [2.24, 2.45) is 27.8 Å². The Kier molecular flexibility index (Phi) is 9.70. The van der Waals surface area contributed by atoms with Gasteiger partial charge in [0.05, 0.1) is 31.3 Å². The fourth-order valence-electron chi connectivity index (χ4n) is 8.30. The minimum Gasteiger partial charge on any atom is -0.465 e. The molecule has 2 aromatic heterocycles. The van der Waals surface area contributed by atoms with Crippen LogP contribution in [0.4, 0.5) is 8.78 Å². The van der Waals surface area contributed by atoms with Crippen LogP contribution in [0.1, 0.15) is 109 Å². The average Bonchev–Trinajstić information content (AvgIpc) is 3.77.